The molecule has 1 saturated carbocycles. The van der Waals surface area contributed by atoms with Gasteiger partial charge in [-0.15, -0.1) is 0 Å². The summed E-state index contributed by atoms with van der Waals surface area (Å²) >= 11 is 0. The number of hydrogen-bond donors (Lipinski definition) is 0. The second-order valence-electron chi connectivity index (χ2n) is 17.0. The van der Waals surface area contributed by atoms with Crippen molar-refractivity contribution in [1.29, 1.82) is 0 Å². The number of rotatable bonds is 15. The Morgan fingerprint density at radius 3 is 1.47 bits per heavy atom. The zero-order valence-electron chi connectivity index (χ0n) is 34.2. The minimum absolute atomic E-state index is 0.0736. The minimum atomic E-state index is -4.08. The van der Waals surface area contributed by atoms with Crippen LogP contribution in [0.25, 0.3) is 22.3 Å². The fourth-order valence-electron chi connectivity index (χ4n) is 8.88. The topological polar surface area (TPSA) is 54.0 Å². The van der Waals surface area contributed by atoms with Gasteiger partial charge in [0.1, 0.15) is 0 Å². The van der Waals surface area contributed by atoms with Crippen LogP contribution in [0.3, 0.4) is 0 Å². The molecule has 59 heavy (non-hydrogen) atoms. The molecule has 1 radical (unpaired) electrons. The predicted octanol–water partition coefficient (Wildman–Crippen LogP) is 11.6. The minimum Gasteiger partial charge on any atom is -0.403 e. The maximum absolute atomic E-state index is 15.0. The summed E-state index contributed by atoms with van der Waals surface area (Å²) in [6, 6.07) is 53.2. The molecule has 6 aromatic rings. The SMILES string of the molecule is CC(C)(C)c1ccc([Si](OC/C(=C/COP(=O)(OCC2c3ccccc3-c3ccccc32)OCC2c3ccccc3-c3ccccc32)C2CCC2)c2ccccc2)cc1. The quantitative estimate of drug-likeness (QED) is 0.0587. The standard InChI is InChI=1S/C52H52O5PSi/c1-52(2,3)39-28-30-41(31-29-39)59(40-18-5-4-6-19-40)57-34-38(37-16-15-17-37)32-33-54-58(53,55-35-50-46-24-11-7-20-42(46)43-21-8-12-25-47(43)50)56-36-51-48-26-13-9-22-44(48)45-23-10-14-27-49(45)51/h4-14,18-32,37,50-51H,15-17,33-36H2,1-3H3/b38-32-. The third-order valence-electron chi connectivity index (χ3n) is 12.4. The lowest BCUT2D eigenvalue weighted by atomic mass is 9.80. The van der Waals surface area contributed by atoms with Crippen molar-refractivity contribution in [3.8, 4) is 22.3 Å². The van der Waals surface area contributed by atoms with Crippen molar-refractivity contribution in [3.05, 3.63) is 191 Å². The molecule has 299 valence electrons. The van der Waals surface area contributed by atoms with Crippen molar-refractivity contribution in [3.63, 3.8) is 0 Å². The van der Waals surface area contributed by atoms with Gasteiger partial charge in [0.15, 0.2) is 0 Å². The fourth-order valence-corrected chi connectivity index (χ4v) is 12.0. The first kappa shape index (κ1) is 39.8. The molecule has 0 atom stereocenters. The van der Waals surface area contributed by atoms with E-state index in [4.69, 9.17) is 18.0 Å². The van der Waals surface area contributed by atoms with E-state index in [1.165, 1.54) is 50.2 Å². The summed E-state index contributed by atoms with van der Waals surface area (Å²) in [5.41, 5.74) is 11.9. The van der Waals surface area contributed by atoms with Crippen molar-refractivity contribution in [2.75, 3.05) is 26.4 Å². The Bertz CT molecular complexity index is 2290. The van der Waals surface area contributed by atoms with Gasteiger partial charge in [-0.3, -0.25) is 13.6 Å². The second-order valence-corrected chi connectivity index (χ2v) is 20.8. The zero-order chi connectivity index (χ0) is 40.4. The summed E-state index contributed by atoms with van der Waals surface area (Å²) in [4.78, 5) is 0. The molecule has 0 aromatic heterocycles. The van der Waals surface area contributed by atoms with Crippen LogP contribution in [0.4, 0.5) is 0 Å². The van der Waals surface area contributed by atoms with Gasteiger partial charge in [0.2, 0.25) is 0 Å². The van der Waals surface area contributed by atoms with Gasteiger partial charge in [-0.1, -0.05) is 185 Å². The lowest BCUT2D eigenvalue weighted by Gasteiger charge is -2.30. The summed E-state index contributed by atoms with van der Waals surface area (Å²) in [6.45, 7) is 7.64. The molecule has 0 heterocycles. The van der Waals surface area contributed by atoms with Crippen molar-refractivity contribution >= 4 is 27.2 Å². The molecule has 5 nitrogen and oxygen atoms in total. The first-order chi connectivity index (χ1) is 28.8. The number of phosphoric ester groups is 1. The summed E-state index contributed by atoms with van der Waals surface area (Å²) < 4.78 is 41.2. The van der Waals surface area contributed by atoms with Gasteiger partial charge in [0.25, 0.3) is 9.04 Å². The Kier molecular flexibility index (Phi) is 11.6. The molecule has 0 spiro atoms. The number of fused-ring (bicyclic) bond motifs is 6. The van der Waals surface area contributed by atoms with Gasteiger partial charge in [0, 0.05) is 11.8 Å². The Morgan fingerprint density at radius 1 is 0.593 bits per heavy atom. The monoisotopic (exact) mass is 815 g/mol. The van der Waals surface area contributed by atoms with Crippen LogP contribution in [-0.4, -0.2) is 35.5 Å². The zero-order valence-corrected chi connectivity index (χ0v) is 36.1. The van der Waals surface area contributed by atoms with Crippen LogP contribution in [0.5, 0.6) is 0 Å². The highest BCUT2D eigenvalue weighted by atomic mass is 31.2. The maximum atomic E-state index is 15.0. The highest BCUT2D eigenvalue weighted by molar-refractivity contribution is 7.48. The summed E-state index contributed by atoms with van der Waals surface area (Å²) in [5.74, 6) is 0.211. The highest BCUT2D eigenvalue weighted by Gasteiger charge is 2.37. The van der Waals surface area contributed by atoms with Crippen LogP contribution < -0.4 is 10.4 Å². The Labute approximate surface area is 351 Å². The normalized spacial score (nSPS) is 15.5. The van der Waals surface area contributed by atoms with Crippen LogP contribution in [0, 0.1) is 5.92 Å². The molecule has 6 aromatic carbocycles. The smallest absolute Gasteiger partial charge is 0.403 e. The summed E-state index contributed by atoms with van der Waals surface area (Å²) in [7, 11) is -5.62. The highest BCUT2D eigenvalue weighted by Crippen LogP contribution is 2.55. The Hall–Kier alpha value is -4.65. The fraction of sp³-hybridized carbons (Fsp3) is 0.269. The molecule has 0 aliphatic heterocycles. The molecule has 0 amide bonds. The van der Waals surface area contributed by atoms with Crippen molar-refractivity contribution in [2.45, 2.75) is 57.3 Å². The van der Waals surface area contributed by atoms with Crippen molar-refractivity contribution in [1.82, 2.24) is 0 Å². The van der Waals surface area contributed by atoms with E-state index in [-0.39, 0.29) is 37.1 Å². The van der Waals surface area contributed by atoms with E-state index in [0.717, 1.165) is 35.1 Å². The molecular formula is C52H52O5PSi. The molecule has 3 aliphatic carbocycles. The Morgan fingerprint density at radius 2 is 1.03 bits per heavy atom. The average molecular weight is 816 g/mol. The van der Waals surface area contributed by atoms with Gasteiger partial charge in [-0.2, -0.15) is 0 Å². The first-order valence-corrected chi connectivity index (χ1v) is 23.9. The molecule has 9 rings (SSSR count). The molecule has 0 N–H and O–H groups in total. The number of benzene rings is 6. The third kappa shape index (κ3) is 8.41. The lowest BCUT2D eigenvalue weighted by Crippen LogP contribution is -2.45. The van der Waals surface area contributed by atoms with Crippen LogP contribution in [0.2, 0.25) is 0 Å². The van der Waals surface area contributed by atoms with E-state index in [0.29, 0.717) is 12.5 Å². The summed E-state index contributed by atoms with van der Waals surface area (Å²) in [5, 5.41) is 2.43. The largest absolute Gasteiger partial charge is 0.475 e. The van der Waals surface area contributed by atoms with Crippen LogP contribution >= 0.6 is 7.82 Å². The van der Waals surface area contributed by atoms with Gasteiger partial charge in [-0.05, 0) is 90.2 Å². The van der Waals surface area contributed by atoms with Gasteiger partial charge >= 0.3 is 7.82 Å². The molecule has 0 bridgehead atoms. The van der Waals surface area contributed by atoms with Gasteiger partial charge in [-0.25, -0.2) is 4.57 Å². The van der Waals surface area contributed by atoms with E-state index in [1.54, 1.807) is 0 Å². The van der Waals surface area contributed by atoms with Crippen LogP contribution in [0.15, 0.2) is 163 Å². The lowest BCUT2D eigenvalue weighted by molar-refractivity contribution is 0.116. The predicted molar refractivity (Wildman–Crippen MR) is 241 cm³/mol. The van der Waals surface area contributed by atoms with E-state index in [2.05, 4.69) is 179 Å². The van der Waals surface area contributed by atoms with E-state index in [9.17, 15) is 0 Å². The summed E-state index contributed by atoms with van der Waals surface area (Å²) in [6.07, 6.45) is 5.48. The number of hydrogen-bond acceptors (Lipinski definition) is 5. The Balaban J connectivity index is 0.967. The van der Waals surface area contributed by atoms with E-state index in [1.807, 2.05) is 0 Å². The molecule has 0 saturated heterocycles. The molecule has 7 heteroatoms. The van der Waals surface area contributed by atoms with Crippen molar-refractivity contribution in [2.24, 2.45) is 5.92 Å². The number of phosphoric acid groups is 1. The molecule has 0 unspecified atom stereocenters. The van der Waals surface area contributed by atoms with Crippen molar-refractivity contribution < 1.29 is 22.6 Å². The van der Waals surface area contributed by atoms with Gasteiger partial charge in [0.05, 0.1) is 26.4 Å². The average Bonchev–Trinajstić information content (AvgIpc) is 3.74. The maximum Gasteiger partial charge on any atom is 0.475 e. The van der Waals surface area contributed by atoms with E-state index < -0.39 is 16.9 Å². The molecule has 1 fully saturated rings. The van der Waals surface area contributed by atoms with E-state index >= 15 is 4.57 Å². The molecule has 3 aliphatic rings. The third-order valence-corrected chi connectivity index (χ3v) is 15.9. The second kappa shape index (κ2) is 17.1. The first-order valence-electron chi connectivity index (χ1n) is 21.0. The van der Waals surface area contributed by atoms with Crippen LogP contribution in [0.1, 0.15) is 79.7 Å². The van der Waals surface area contributed by atoms with Crippen LogP contribution in [-0.2, 0) is 28.0 Å². The van der Waals surface area contributed by atoms with Gasteiger partial charge < -0.3 is 4.43 Å². The molecular weight excluding hydrogens is 764 g/mol.